The molecule has 6 heterocycles. The van der Waals surface area contributed by atoms with Crippen molar-refractivity contribution < 1.29 is 32.5 Å². The highest BCUT2D eigenvalue weighted by molar-refractivity contribution is 5.78. The molecule has 6 aromatic rings. The molecule has 0 saturated carbocycles. The molecular weight excluding hydrogens is 919 g/mol. The molecule has 71 heavy (non-hydrogen) atoms. The van der Waals surface area contributed by atoms with Gasteiger partial charge in [0.05, 0.1) is 88.7 Å². The number of anilines is 10. The van der Waals surface area contributed by atoms with Crippen molar-refractivity contribution in [2.45, 2.75) is 14.9 Å². The third kappa shape index (κ3) is 16.6. The molecular formula is C48H64F2N16O5. The van der Waals surface area contributed by atoms with Crippen LogP contribution in [0.1, 0.15) is 31.0 Å². The zero-order valence-electron chi connectivity index (χ0n) is 39.2. The van der Waals surface area contributed by atoms with Gasteiger partial charge in [0.2, 0.25) is 11.9 Å². The molecule has 2 aliphatic heterocycles. The average molecular weight is 983 g/mol. The van der Waals surface area contributed by atoms with E-state index in [4.69, 9.17) is 24.8 Å². The molecule has 21 nitrogen and oxygen atoms in total. The summed E-state index contributed by atoms with van der Waals surface area (Å²) in [7, 11) is 11.2. The molecule has 23 heteroatoms. The van der Waals surface area contributed by atoms with E-state index in [-0.39, 0.29) is 38.4 Å². The number of halogens is 2. The molecule has 380 valence electrons. The van der Waals surface area contributed by atoms with Crippen LogP contribution in [0.15, 0.2) is 90.6 Å². The van der Waals surface area contributed by atoms with Gasteiger partial charge in [0.15, 0.2) is 29.6 Å². The summed E-state index contributed by atoms with van der Waals surface area (Å²) in [6.07, 6.45) is 7.83. The largest absolute Gasteiger partial charge is 0.497 e. The van der Waals surface area contributed by atoms with Crippen LogP contribution in [-0.4, -0.2) is 137 Å². The number of benzene rings is 2. The summed E-state index contributed by atoms with van der Waals surface area (Å²) < 4.78 is 48.7. The lowest BCUT2D eigenvalue weighted by atomic mass is 10.2. The predicted octanol–water partition coefficient (Wildman–Crippen LogP) is 6.83. The van der Waals surface area contributed by atoms with Gasteiger partial charge in [0.25, 0.3) is 0 Å². The van der Waals surface area contributed by atoms with E-state index < -0.39 is 11.6 Å². The topological polar surface area (TPSA) is 231 Å². The van der Waals surface area contributed by atoms with E-state index >= 15 is 0 Å². The molecule has 2 aliphatic rings. The number of hydrogen-bond acceptors (Lipinski definition) is 21. The minimum Gasteiger partial charge on any atom is -0.497 e. The van der Waals surface area contributed by atoms with Crippen LogP contribution >= 0.6 is 0 Å². The maximum Gasteiger partial charge on any atom is 0.245 e. The minimum atomic E-state index is -0.477. The number of hydrazone groups is 1. The Bertz CT molecular complexity index is 2600. The fraction of sp³-hybridized carbons (Fsp3) is 0.333. The Balaban J connectivity index is 0.000000251. The van der Waals surface area contributed by atoms with Gasteiger partial charge in [-0.2, -0.15) is 15.1 Å². The van der Waals surface area contributed by atoms with Crippen LogP contribution in [0.5, 0.6) is 11.5 Å². The second kappa shape index (κ2) is 27.8. The van der Waals surface area contributed by atoms with E-state index in [1.165, 1.54) is 0 Å². The quantitative estimate of drug-likeness (QED) is 0.0307. The number of nitrogens with one attached hydrogen (secondary N) is 4. The first-order valence-corrected chi connectivity index (χ1v) is 21.6. The van der Waals surface area contributed by atoms with Crippen molar-refractivity contribution in [3.05, 3.63) is 108 Å². The van der Waals surface area contributed by atoms with Gasteiger partial charge in [0, 0.05) is 101 Å². The monoisotopic (exact) mass is 983 g/mol. The number of rotatable bonds is 15. The molecule has 2 aromatic carbocycles. The van der Waals surface area contributed by atoms with Gasteiger partial charge >= 0.3 is 0 Å². The van der Waals surface area contributed by atoms with Crippen LogP contribution in [0.4, 0.5) is 66.4 Å². The summed E-state index contributed by atoms with van der Waals surface area (Å²) in [6, 6.07) is 19.0. The summed E-state index contributed by atoms with van der Waals surface area (Å²) in [4.78, 5) is 42.4. The van der Waals surface area contributed by atoms with Crippen molar-refractivity contribution in [1.82, 2.24) is 29.9 Å². The predicted molar refractivity (Wildman–Crippen MR) is 278 cm³/mol. The number of ether oxygens (including phenoxy) is 4. The summed E-state index contributed by atoms with van der Waals surface area (Å²) in [6.45, 7) is 4.63. The lowest BCUT2D eigenvalue weighted by Gasteiger charge is -2.27. The fourth-order valence-corrected chi connectivity index (χ4v) is 6.49. The van der Waals surface area contributed by atoms with Crippen molar-refractivity contribution >= 4 is 70.2 Å². The minimum absolute atomic E-state index is 0. The second-order valence-electron chi connectivity index (χ2n) is 15.4. The number of aromatic nitrogens is 6. The summed E-state index contributed by atoms with van der Waals surface area (Å²) in [5, 5.41) is 10.7. The molecule has 4 aromatic heterocycles. The van der Waals surface area contributed by atoms with Crippen molar-refractivity contribution in [1.29, 1.82) is 0 Å². The first kappa shape index (κ1) is 55.6. The molecule has 0 bridgehead atoms. The van der Waals surface area contributed by atoms with Gasteiger partial charge in [-0.05, 0) is 36.4 Å². The van der Waals surface area contributed by atoms with Gasteiger partial charge < -0.3 is 49.2 Å². The highest BCUT2D eigenvalue weighted by Gasteiger charge is 2.19. The Morgan fingerprint density at radius 3 is 1.49 bits per heavy atom. The number of carbonyl (C=O) groups is 1. The summed E-state index contributed by atoms with van der Waals surface area (Å²) in [5.74, 6) is 6.68. The van der Waals surface area contributed by atoms with Crippen LogP contribution in [-0.2, 0) is 9.47 Å². The standard InChI is InChI=1S/C23H27FN8O2.C15H17N3O2.C8H12FN5O.2CH4/c1-31(2)19-10-18(11-20(12-19)33-3)28-17-5-4-16(25-13-17)14-27-30-23-26-15-21(24)22(29-23)32-6-8-34-9-7-32;1-18(2)14-6-13(7-15(8-14)20-3)17-11-4-5-12(10-19)16-9-11;9-6-5-11-8(13-10)12-7(6)14-1-3-15-4-2-14;;/h4-5,10-15,28H,6-9H2,1-3H3,(H,26,29,30);4-10,17H,1-3H3;5H,1-4,10H2,(H,11,12,13);2*1H4/b27-14-;;;;. The number of pyridine rings is 2. The SMILES string of the molecule is C.C.COc1cc(Nc2ccc(/C=N\Nc3ncc(F)c(N4CCOCC4)n3)nc2)cc(N(C)C)c1.COc1cc(Nc2ccc(C=O)nc2)cc(N(C)C)c1.NNc1ncc(F)c(N2CCOCC2)n1. The molecule has 0 spiro atoms. The van der Waals surface area contributed by atoms with Crippen LogP contribution in [0, 0.1) is 11.6 Å². The van der Waals surface area contributed by atoms with E-state index in [1.54, 1.807) is 43.8 Å². The molecule has 0 atom stereocenters. The van der Waals surface area contributed by atoms with E-state index in [1.807, 2.05) is 97.5 Å². The van der Waals surface area contributed by atoms with Gasteiger partial charge in [-0.25, -0.2) is 30.0 Å². The number of hydrazine groups is 1. The summed E-state index contributed by atoms with van der Waals surface area (Å²) >= 11 is 0. The zero-order valence-corrected chi connectivity index (χ0v) is 39.2. The van der Waals surface area contributed by atoms with Gasteiger partial charge in [-0.3, -0.25) is 20.2 Å². The Kier molecular flexibility index (Phi) is 21.8. The smallest absolute Gasteiger partial charge is 0.245 e. The molecule has 0 amide bonds. The van der Waals surface area contributed by atoms with E-state index in [2.05, 4.69) is 56.5 Å². The van der Waals surface area contributed by atoms with E-state index in [0.29, 0.717) is 64.0 Å². The lowest BCUT2D eigenvalue weighted by Crippen LogP contribution is -2.37. The Labute approximate surface area is 413 Å². The molecule has 6 N–H and O–H groups in total. The number of methoxy groups -OCH3 is 2. The number of nitrogens with two attached hydrogens (primary N) is 1. The van der Waals surface area contributed by atoms with E-state index in [0.717, 1.165) is 64.3 Å². The molecule has 8 rings (SSSR count). The number of hydrogen-bond donors (Lipinski definition) is 5. The molecule has 0 unspecified atom stereocenters. The lowest BCUT2D eigenvalue weighted by molar-refractivity contribution is 0.111. The highest BCUT2D eigenvalue weighted by Crippen LogP contribution is 2.29. The van der Waals surface area contributed by atoms with Crippen LogP contribution in [0.2, 0.25) is 0 Å². The van der Waals surface area contributed by atoms with Crippen LogP contribution in [0.3, 0.4) is 0 Å². The molecule has 0 radical (unpaired) electrons. The third-order valence-electron chi connectivity index (χ3n) is 10.1. The number of morpholine rings is 2. The molecule has 2 fully saturated rings. The number of carbonyl (C=O) groups excluding carboxylic acids is 1. The van der Waals surface area contributed by atoms with Crippen molar-refractivity contribution in [3.8, 4) is 11.5 Å². The van der Waals surface area contributed by atoms with Gasteiger partial charge in [-0.15, -0.1) is 0 Å². The van der Waals surface area contributed by atoms with Crippen LogP contribution in [0.25, 0.3) is 0 Å². The van der Waals surface area contributed by atoms with Gasteiger partial charge in [-0.1, -0.05) is 14.9 Å². The van der Waals surface area contributed by atoms with Crippen molar-refractivity contribution in [3.63, 3.8) is 0 Å². The zero-order chi connectivity index (χ0) is 49.1. The maximum atomic E-state index is 14.1. The second-order valence-corrected chi connectivity index (χ2v) is 15.4. The first-order chi connectivity index (χ1) is 33.4. The summed E-state index contributed by atoms with van der Waals surface area (Å²) in [5.41, 5.74) is 11.5. The number of nitrogen functional groups attached to an aromatic ring is 1. The van der Waals surface area contributed by atoms with Crippen LogP contribution < -0.4 is 56.4 Å². The third-order valence-corrected chi connectivity index (χ3v) is 10.1. The Morgan fingerprint density at radius 2 is 1.08 bits per heavy atom. The van der Waals surface area contributed by atoms with E-state index in [9.17, 15) is 13.6 Å². The number of nitrogens with zero attached hydrogens (tertiary/aromatic N) is 11. The Morgan fingerprint density at radius 1 is 0.634 bits per heavy atom. The first-order valence-electron chi connectivity index (χ1n) is 21.6. The molecule has 0 aliphatic carbocycles. The Hall–Kier alpha value is -8.02. The normalized spacial score (nSPS) is 12.9. The van der Waals surface area contributed by atoms with Gasteiger partial charge in [0.1, 0.15) is 17.2 Å². The molecule has 2 saturated heterocycles. The highest BCUT2D eigenvalue weighted by atomic mass is 19.1. The maximum absolute atomic E-state index is 14.1. The number of aldehydes is 1. The van der Waals surface area contributed by atoms with Crippen molar-refractivity contribution in [2.75, 3.05) is 136 Å². The van der Waals surface area contributed by atoms with Crippen molar-refractivity contribution in [2.24, 2.45) is 10.9 Å². The fourth-order valence-electron chi connectivity index (χ4n) is 6.49. The average Bonchev–Trinajstić information content (AvgIpc) is 3.38.